The molecule has 1 saturated carbocycles. The van der Waals surface area contributed by atoms with Gasteiger partial charge in [-0.15, -0.1) is 0 Å². The van der Waals surface area contributed by atoms with Crippen LogP contribution in [-0.2, 0) is 16.1 Å². The van der Waals surface area contributed by atoms with Crippen molar-refractivity contribution >= 4 is 11.8 Å². The molecule has 158 valence electrons. The van der Waals surface area contributed by atoms with E-state index in [1.54, 1.807) is 18.3 Å². The maximum absolute atomic E-state index is 14.4. The molecular formula is C22H23F2N3O3. The molecule has 1 unspecified atom stereocenters. The van der Waals surface area contributed by atoms with Gasteiger partial charge in [-0.25, -0.2) is 8.78 Å². The van der Waals surface area contributed by atoms with E-state index in [0.29, 0.717) is 24.6 Å². The van der Waals surface area contributed by atoms with Crippen LogP contribution in [0.15, 0.2) is 42.6 Å². The molecule has 2 heterocycles. The molecular weight excluding hydrogens is 392 g/mol. The second kappa shape index (κ2) is 8.47. The normalized spacial score (nSPS) is 20.3. The number of nitrogens with one attached hydrogen (secondary N) is 1. The van der Waals surface area contributed by atoms with Gasteiger partial charge in [0, 0.05) is 12.3 Å². The number of ether oxygens (including phenoxy) is 1. The van der Waals surface area contributed by atoms with Crippen molar-refractivity contribution in [3.8, 4) is 0 Å². The van der Waals surface area contributed by atoms with Crippen molar-refractivity contribution in [1.29, 1.82) is 0 Å². The van der Waals surface area contributed by atoms with Gasteiger partial charge in [0.1, 0.15) is 23.4 Å². The molecule has 1 aliphatic heterocycles. The fourth-order valence-corrected chi connectivity index (χ4v) is 4.26. The summed E-state index contributed by atoms with van der Waals surface area (Å²) >= 11 is 0. The quantitative estimate of drug-likeness (QED) is 0.833. The average molecular weight is 415 g/mol. The van der Waals surface area contributed by atoms with Gasteiger partial charge in [-0.2, -0.15) is 0 Å². The van der Waals surface area contributed by atoms with E-state index in [1.165, 1.54) is 4.90 Å². The van der Waals surface area contributed by atoms with Crippen LogP contribution in [0.4, 0.5) is 8.78 Å². The van der Waals surface area contributed by atoms with E-state index < -0.39 is 29.3 Å². The number of hydrogen-bond acceptors (Lipinski definition) is 4. The van der Waals surface area contributed by atoms with Crippen molar-refractivity contribution in [3.05, 3.63) is 65.5 Å². The number of nitrogens with zero attached hydrogens (tertiary/aromatic N) is 2. The van der Waals surface area contributed by atoms with Crippen molar-refractivity contribution < 1.29 is 23.1 Å². The van der Waals surface area contributed by atoms with Gasteiger partial charge in [0.2, 0.25) is 5.91 Å². The van der Waals surface area contributed by atoms with Gasteiger partial charge in [-0.1, -0.05) is 12.5 Å². The van der Waals surface area contributed by atoms with Gasteiger partial charge in [0.05, 0.1) is 24.4 Å². The highest BCUT2D eigenvalue weighted by atomic mass is 19.1. The molecule has 1 atom stereocenters. The van der Waals surface area contributed by atoms with Crippen LogP contribution in [0.3, 0.4) is 0 Å². The smallest absolute Gasteiger partial charge is 0.259 e. The fourth-order valence-electron chi connectivity index (χ4n) is 4.26. The number of carbonyl (C=O) groups excluding carboxylic acids is 2. The van der Waals surface area contributed by atoms with Crippen LogP contribution in [0.5, 0.6) is 0 Å². The summed E-state index contributed by atoms with van der Waals surface area (Å²) in [5.74, 6) is -2.77. The maximum Gasteiger partial charge on any atom is 0.259 e. The Kier molecular flexibility index (Phi) is 5.76. The number of carbonyl (C=O) groups is 2. The lowest BCUT2D eigenvalue weighted by molar-refractivity contribution is -0.127. The van der Waals surface area contributed by atoms with E-state index in [0.717, 1.165) is 31.4 Å². The molecule has 1 aliphatic carbocycles. The van der Waals surface area contributed by atoms with E-state index in [-0.39, 0.29) is 24.6 Å². The van der Waals surface area contributed by atoms with Crippen LogP contribution in [0, 0.1) is 11.6 Å². The van der Waals surface area contributed by atoms with E-state index in [2.05, 4.69) is 10.3 Å². The third-order valence-electron chi connectivity index (χ3n) is 5.75. The van der Waals surface area contributed by atoms with Crippen LogP contribution in [0.2, 0.25) is 0 Å². The lowest BCUT2D eigenvalue weighted by atomic mass is 9.89. The van der Waals surface area contributed by atoms with Crippen LogP contribution < -0.4 is 5.32 Å². The number of rotatable bonds is 4. The Balaban J connectivity index is 1.60. The molecule has 6 nitrogen and oxygen atoms in total. The summed E-state index contributed by atoms with van der Waals surface area (Å²) in [6.07, 6.45) is 5.48. The van der Waals surface area contributed by atoms with Crippen molar-refractivity contribution in [2.24, 2.45) is 0 Å². The number of halogens is 2. The van der Waals surface area contributed by atoms with Gasteiger partial charge >= 0.3 is 0 Å². The number of benzene rings is 1. The number of amides is 2. The molecule has 30 heavy (non-hydrogen) atoms. The summed E-state index contributed by atoms with van der Waals surface area (Å²) in [6.45, 7) is 0.235. The number of pyridine rings is 1. The number of aromatic nitrogens is 1. The molecule has 1 saturated heterocycles. The molecule has 0 radical (unpaired) electrons. The van der Waals surface area contributed by atoms with E-state index in [1.807, 2.05) is 6.07 Å². The Hall–Kier alpha value is -2.87. The summed E-state index contributed by atoms with van der Waals surface area (Å²) < 4.78 is 33.7. The third kappa shape index (κ3) is 3.92. The molecule has 2 amide bonds. The van der Waals surface area contributed by atoms with Crippen LogP contribution in [-0.4, -0.2) is 40.1 Å². The lowest BCUT2D eigenvalue weighted by Gasteiger charge is -2.41. The van der Waals surface area contributed by atoms with Crippen LogP contribution in [0.25, 0.3) is 0 Å². The van der Waals surface area contributed by atoms with E-state index >= 15 is 0 Å². The van der Waals surface area contributed by atoms with Gasteiger partial charge < -0.3 is 10.1 Å². The van der Waals surface area contributed by atoms with Crippen LogP contribution in [0.1, 0.15) is 48.2 Å². The van der Waals surface area contributed by atoms with Gasteiger partial charge in [-0.3, -0.25) is 19.5 Å². The first-order valence-electron chi connectivity index (χ1n) is 10.1. The zero-order valence-corrected chi connectivity index (χ0v) is 16.4. The van der Waals surface area contributed by atoms with Crippen molar-refractivity contribution in [3.63, 3.8) is 0 Å². The molecule has 1 aromatic carbocycles. The first-order chi connectivity index (χ1) is 14.5. The van der Waals surface area contributed by atoms with Gasteiger partial charge in [0.25, 0.3) is 5.91 Å². The summed E-state index contributed by atoms with van der Waals surface area (Å²) in [5.41, 5.74) is -0.530. The zero-order chi connectivity index (χ0) is 21.1. The molecule has 8 heteroatoms. The van der Waals surface area contributed by atoms with Crippen LogP contribution >= 0.6 is 0 Å². The van der Waals surface area contributed by atoms with Gasteiger partial charge in [-0.05, 0) is 49.9 Å². The Bertz CT molecular complexity index is 932. The van der Waals surface area contributed by atoms with Crippen molar-refractivity contribution in [1.82, 2.24) is 15.2 Å². The van der Waals surface area contributed by atoms with Gasteiger partial charge in [0.15, 0.2) is 0 Å². The Labute approximate surface area is 173 Å². The molecule has 0 bridgehead atoms. The minimum atomic E-state index is -0.953. The second-order valence-electron chi connectivity index (χ2n) is 7.67. The Morgan fingerprint density at radius 2 is 1.97 bits per heavy atom. The summed E-state index contributed by atoms with van der Waals surface area (Å²) in [6, 6.07) is 7.31. The largest absolute Gasteiger partial charge is 0.353 e. The highest BCUT2D eigenvalue weighted by Gasteiger charge is 2.53. The SMILES string of the molecule is O=C(NCc1ccccn1)C1COC2(CCCCC2)N1C(=O)c1ccc(F)cc1F. The maximum atomic E-state index is 14.4. The Morgan fingerprint density at radius 3 is 2.67 bits per heavy atom. The zero-order valence-electron chi connectivity index (χ0n) is 16.4. The molecule has 2 aliphatic rings. The fraction of sp³-hybridized carbons (Fsp3) is 0.409. The lowest BCUT2D eigenvalue weighted by Crippen LogP contribution is -2.56. The van der Waals surface area contributed by atoms with Crippen molar-refractivity contribution in [2.45, 2.75) is 50.4 Å². The third-order valence-corrected chi connectivity index (χ3v) is 5.75. The predicted molar refractivity (Wildman–Crippen MR) is 104 cm³/mol. The highest BCUT2D eigenvalue weighted by molar-refractivity contribution is 5.98. The molecule has 1 aromatic heterocycles. The monoisotopic (exact) mass is 415 g/mol. The summed E-state index contributed by atoms with van der Waals surface area (Å²) in [7, 11) is 0. The average Bonchev–Trinajstić information content (AvgIpc) is 3.11. The standard InChI is InChI=1S/C22H23F2N3O3/c23-15-7-8-17(18(24)12-15)21(29)27-19(14-30-22(27)9-3-1-4-10-22)20(28)26-13-16-6-2-5-11-25-16/h2,5-8,11-12,19H,1,3-4,9-10,13-14H2,(H,26,28). The molecule has 2 aromatic rings. The minimum Gasteiger partial charge on any atom is -0.353 e. The Morgan fingerprint density at radius 1 is 1.17 bits per heavy atom. The first-order valence-corrected chi connectivity index (χ1v) is 10.1. The highest BCUT2D eigenvalue weighted by Crippen LogP contribution is 2.41. The predicted octanol–water partition coefficient (Wildman–Crippen LogP) is 3.18. The molecule has 1 N–H and O–H groups in total. The summed E-state index contributed by atoms with van der Waals surface area (Å²) in [4.78, 5) is 31.8. The molecule has 2 fully saturated rings. The van der Waals surface area contributed by atoms with E-state index in [9.17, 15) is 18.4 Å². The molecule has 4 rings (SSSR count). The molecule has 1 spiro atoms. The van der Waals surface area contributed by atoms with E-state index in [4.69, 9.17) is 4.74 Å². The van der Waals surface area contributed by atoms with Crippen molar-refractivity contribution in [2.75, 3.05) is 6.61 Å². The number of hydrogen-bond donors (Lipinski definition) is 1. The second-order valence-corrected chi connectivity index (χ2v) is 7.67. The minimum absolute atomic E-state index is 0.0304. The first kappa shape index (κ1) is 20.4. The topological polar surface area (TPSA) is 71.5 Å². The summed E-state index contributed by atoms with van der Waals surface area (Å²) in [5, 5.41) is 2.79.